The highest BCUT2D eigenvalue weighted by Crippen LogP contribution is 2.43. The Balaban J connectivity index is 1.17. The molecule has 4 aromatic heterocycles. The third-order valence-electron chi connectivity index (χ3n) is 9.91. The van der Waals surface area contributed by atoms with Crippen LogP contribution in [0.4, 0.5) is 0 Å². The van der Waals surface area contributed by atoms with E-state index in [4.69, 9.17) is 29.2 Å². The molecule has 0 fully saturated rings. The van der Waals surface area contributed by atoms with Crippen LogP contribution in [0.5, 0.6) is 11.5 Å². The zero-order chi connectivity index (χ0) is 44.5. The minimum absolute atomic E-state index is 0.0275. The maximum absolute atomic E-state index is 13.6. The maximum Gasteiger partial charge on any atom is 0.348 e. The highest BCUT2D eigenvalue weighted by molar-refractivity contribution is 8.00. The van der Waals surface area contributed by atoms with E-state index in [-0.39, 0.29) is 26.4 Å². The topological polar surface area (TPSA) is 157 Å². The van der Waals surface area contributed by atoms with Gasteiger partial charge in [-0.15, -0.1) is 43.1 Å². The van der Waals surface area contributed by atoms with Crippen LogP contribution < -0.4 is 9.47 Å². The normalized spacial score (nSPS) is 14.3. The summed E-state index contributed by atoms with van der Waals surface area (Å²) in [5, 5.41) is 30.1. The number of esters is 2. The molecule has 0 amide bonds. The Labute approximate surface area is 390 Å². The molecule has 0 unspecified atom stereocenters. The SMILES string of the molecule is CCOC(=O)c1sc2sc(C(=O)OCC)c3c2c1COc1ccccc1/C=N/n1c(nnc1-c1ccccc1)SCCCSc1nnc(-c2ccccc2)n1/N=C/c1ccccc1OC3. The van der Waals surface area contributed by atoms with Crippen molar-refractivity contribution in [1.82, 2.24) is 29.7 Å². The van der Waals surface area contributed by atoms with Gasteiger partial charge in [0.15, 0.2) is 11.6 Å². The Bertz CT molecular complexity index is 2820. The molecule has 65 heavy (non-hydrogen) atoms. The van der Waals surface area contributed by atoms with E-state index in [2.05, 4.69) is 20.4 Å². The predicted molar refractivity (Wildman–Crippen MR) is 256 cm³/mol. The number of carbonyl (C=O) groups is 2. The second-order valence-electron chi connectivity index (χ2n) is 14.1. The fourth-order valence-electron chi connectivity index (χ4n) is 6.90. The van der Waals surface area contributed by atoms with E-state index in [1.807, 2.05) is 109 Å². The van der Waals surface area contributed by atoms with Crippen LogP contribution in [0, 0.1) is 0 Å². The lowest BCUT2D eigenvalue weighted by Crippen LogP contribution is -2.10. The molecule has 0 N–H and O–H groups in total. The number of carbonyl (C=O) groups excluding carboxylic acids is 2. The first-order valence-corrected chi connectivity index (χ1v) is 24.3. The highest BCUT2D eigenvalue weighted by atomic mass is 32.2. The number of rotatable bonds is 6. The summed E-state index contributed by atoms with van der Waals surface area (Å²) in [7, 11) is 0. The van der Waals surface area contributed by atoms with E-state index >= 15 is 0 Å². The molecule has 9 rings (SSSR count). The molecular weight excluding hydrogens is 901 g/mol. The molecule has 328 valence electrons. The number of fused-ring (bicyclic) bond motifs is 4. The monoisotopic (exact) mass is 940 g/mol. The van der Waals surface area contributed by atoms with Crippen molar-refractivity contribution in [2.45, 2.75) is 43.8 Å². The molecule has 1 aliphatic heterocycles. The molecule has 8 aromatic rings. The molecule has 5 heterocycles. The molecule has 4 aromatic carbocycles. The fraction of sp³-hybridized carbons (Fsp3) is 0.191. The van der Waals surface area contributed by atoms with Gasteiger partial charge in [0.2, 0.25) is 10.3 Å². The minimum Gasteiger partial charge on any atom is -0.488 e. The Morgan fingerprint density at radius 1 is 0.585 bits per heavy atom. The maximum atomic E-state index is 13.6. The predicted octanol–water partition coefficient (Wildman–Crippen LogP) is 10.3. The number of hydrogen-bond acceptors (Lipinski definition) is 16. The fourth-order valence-corrected chi connectivity index (χ4v) is 11.3. The van der Waals surface area contributed by atoms with Crippen LogP contribution in [0.1, 0.15) is 61.9 Å². The Hall–Kier alpha value is -6.60. The molecule has 0 aliphatic carbocycles. The highest BCUT2D eigenvalue weighted by Gasteiger charge is 2.29. The minimum atomic E-state index is -0.485. The van der Waals surface area contributed by atoms with Crippen molar-refractivity contribution in [2.24, 2.45) is 10.2 Å². The molecule has 0 bridgehead atoms. The van der Waals surface area contributed by atoms with Crippen LogP contribution in [0.25, 0.3) is 32.2 Å². The second kappa shape index (κ2) is 20.5. The summed E-state index contributed by atoms with van der Waals surface area (Å²) < 4.78 is 28.5. The van der Waals surface area contributed by atoms with Crippen molar-refractivity contribution in [1.29, 1.82) is 0 Å². The quantitative estimate of drug-likeness (QED) is 0.146. The van der Waals surface area contributed by atoms with Gasteiger partial charge in [-0.05, 0) is 44.5 Å². The van der Waals surface area contributed by atoms with E-state index in [1.54, 1.807) is 59.2 Å². The number of thiophene rings is 2. The summed E-state index contributed by atoms with van der Waals surface area (Å²) in [6.45, 7) is 3.84. The van der Waals surface area contributed by atoms with Crippen LogP contribution in [-0.4, -0.2) is 78.8 Å². The zero-order valence-electron chi connectivity index (χ0n) is 35.2. The number of benzene rings is 4. The Morgan fingerprint density at radius 3 is 1.46 bits per heavy atom. The van der Waals surface area contributed by atoms with Crippen LogP contribution in [0.2, 0.25) is 0 Å². The van der Waals surface area contributed by atoms with E-state index < -0.39 is 11.9 Å². The van der Waals surface area contributed by atoms with Gasteiger partial charge in [-0.1, -0.05) is 108 Å². The molecule has 1 aliphatic rings. The van der Waals surface area contributed by atoms with Gasteiger partial charge in [-0.25, -0.2) is 9.59 Å². The summed E-state index contributed by atoms with van der Waals surface area (Å²) in [5.41, 5.74) is 4.23. The standard InChI is InChI=1S/C47H40N8O6S4/c1-3-58-43(56)39-34-28-60-36-22-13-11-20-32(36)26-48-54-41(30-16-7-5-8-17-30)50-52-46(54)62-24-15-25-63-47-53-51-42(31-18-9-6-10-19-31)55(47)49-27-33-21-12-14-23-37(33)61-29-35-38(34)45(64-39)65-40(35)44(57)59-4-2/h5-14,16-23,26-27H,3-4,15,24-25,28-29H2,1-2H3/b48-26+,49-27+. The number of para-hydroxylation sites is 2. The van der Waals surface area contributed by atoms with Crippen molar-refractivity contribution < 1.29 is 28.5 Å². The molecule has 18 heteroatoms. The largest absolute Gasteiger partial charge is 0.488 e. The number of aromatic nitrogens is 6. The third-order valence-corrected chi connectivity index (χ3v) is 14.4. The first kappa shape index (κ1) is 43.6. The van der Waals surface area contributed by atoms with Crippen molar-refractivity contribution in [3.8, 4) is 34.3 Å². The van der Waals surface area contributed by atoms with Crippen LogP contribution >= 0.6 is 46.2 Å². The number of nitrogens with zero attached hydrogens (tertiary/aromatic N) is 8. The smallest absolute Gasteiger partial charge is 0.348 e. The molecule has 0 saturated heterocycles. The van der Waals surface area contributed by atoms with Gasteiger partial charge in [-0.2, -0.15) is 19.6 Å². The van der Waals surface area contributed by atoms with Gasteiger partial charge in [0.1, 0.15) is 34.5 Å². The zero-order valence-corrected chi connectivity index (χ0v) is 38.4. The summed E-state index contributed by atoms with van der Waals surface area (Å²) in [5.74, 6) is 2.70. The van der Waals surface area contributed by atoms with Crippen LogP contribution in [0.3, 0.4) is 0 Å². The molecule has 0 spiro atoms. The number of thioether (sulfide) groups is 2. The first-order valence-electron chi connectivity index (χ1n) is 20.7. The summed E-state index contributed by atoms with van der Waals surface area (Å²) in [6, 6.07) is 34.6. The molecule has 0 saturated carbocycles. The van der Waals surface area contributed by atoms with E-state index in [1.165, 1.54) is 22.7 Å². The average Bonchev–Trinajstić information content (AvgIpc) is 4.12. The lowest BCUT2D eigenvalue weighted by molar-refractivity contribution is 0.0520. The summed E-state index contributed by atoms with van der Waals surface area (Å²) in [4.78, 5) is 28.0. The van der Waals surface area contributed by atoms with Crippen LogP contribution in [-0.2, 0) is 22.7 Å². The van der Waals surface area contributed by atoms with Crippen molar-refractivity contribution in [3.63, 3.8) is 0 Å². The average molecular weight is 941 g/mol. The van der Waals surface area contributed by atoms with Gasteiger partial charge in [0.05, 0.1) is 29.7 Å². The first-order chi connectivity index (χ1) is 32.0. The van der Waals surface area contributed by atoms with Crippen molar-refractivity contribution in [2.75, 3.05) is 24.7 Å². The molecule has 14 nitrogen and oxygen atoms in total. The summed E-state index contributed by atoms with van der Waals surface area (Å²) >= 11 is 5.62. The van der Waals surface area contributed by atoms with Gasteiger partial charge in [0, 0.05) is 50.3 Å². The Morgan fingerprint density at radius 2 is 1.02 bits per heavy atom. The lowest BCUT2D eigenvalue weighted by atomic mass is 10.1. The van der Waals surface area contributed by atoms with Crippen molar-refractivity contribution >= 4 is 80.0 Å². The van der Waals surface area contributed by atoms with E-state index in [0.717, 1.165) is 33.1 Å². The van der Waals surface area contributed by atoms with Crippen molar-refractivity contribution in [3.05, 3.63) is 141 Å². The summed E-state index contributed by atoms with van der Waals surface area (Å²) in [6.07, 6.45) is 4.24. The van der Waals surface area contributed by atoms with Gasteiger partial charge < -0.3 is 18.9 Å². The molecular formula is C47H40N8O6S4. The number of ether oxygens (including phenoxy) is 4. The molecule has 0 radical (unpaired) electrons. The van der Waals surface area contributed by atoms with Gasteiger partial charge in [0.25, 0.3) is 0 Å². The Kier molecular flexibility index (Phi) is 13.8. The number of hydrogen-bond donors (Lipinski definition) is 0. The van der Waals surface area contributed by atoms with Crippen LogP contribution in [0.15, 0.2) is 130 Å². The van der Waals surface area contributed by atoms with E-state index in [0.29, 0.717) is 70.9 Å². The van der Waals surface area contributed by atoms with E-state index in [9.17, 15) is 9.59 Å². The third kappa shape index (κ3) is 9.61. The lowest BCUT2D eigenvalue weighted by Gasteiger charge is -2.13. The van der Waals surface area contributed by atoms with Gasteiger partial charge in [-0.3, -0.25) is 0 Å². The molecule has 0 atom stereocenters. The van der Waals surface area contributed by atoms with Gasteiger partial charge >= 0.3 is 11.9 Å². The second-order valence-corrected chi connectivity index (χ2v) is 18.5.